The van der Waals surface area contributed by atoms with Crippen LogP contribution in [0.5, 0.6) is 0 Å². The Hall–Kier alpha value is -1.76. The van der Waals surface area contributed by atoms with Crippen molar-refractivity contribution in [3.63, 3.8) is 0 Å². The highest BCUT2D eigenvalue weighted by molar-refractivity contribution is 5.39. The minimum absolute atomic E-state index is 0.000785. The van der Waals surface area contributed by atoms with Crippen molar-refractivity contribution in [2.24, 2.45) is 0 Å². The van der Waals surface area contributed by atoms with Gasteiger partial charge in [0.1, 0.15) is 0 Å². The second-order valence-corrected chi connectivity index (χ2v) is 5.90. The van der Waals surface area contributed by atoms with E-state index in [1.54, 1.807) is 4.68 Å². The van der Waals surface area contributed by atoms with E-state index in [1.807, 2.05) is 30.5 Å². The fourth-order valence-corrected chi connectivity index (χ4v) is 2.83. The Kier molecular flexibility index (Phi) is 4.82. The third-order valence-electron chi connectivity index (χ3n) is 4.24. The van der Waals surface area contributed by atoms with Gasteiger partial charge in [0.2, 0.25) is 0 Å². The second kappa shape index (κ2) is 7.00. The molecule has 6 heteroatoms. The molecule has 1 aliphatic heterocycles. The van der Waals surface area contributed by atoms with Crippen LogP contribution >= 0.6 is 0 Å². The zero-order valence-electron chi connectivity index (χ0n) is 12.9. The van der Waals surface area contributed by atoms with Crippen molar-refractivity contribution in [3.05, 3.63) is 41.7 Å². The standard InChI is InChI=1S/C16H23N5O/c1-20-8-6-14(7-9-20)17-10-15-11-21(19-18-15)16-5-3-2-4-13(16)12-22/h2-5,11,14,17,22H,6-10,12H2,1H3. The Labute approximate surface area is 130 Å². The SMILES string of the molecule is CN1CCC(NCc2cn(-c3ccccc3CO)nn2)CC1. The van der Waals surface area contributed by atoms with Crippen LogP contribution < -0.4 is 5.32 Å². The van der Waals surface area contributed by atoms with Gasteiger partial charge in [-0.15, -0.1) is 5.10 Å². The summed E-state index contributed by atoms with van der Waals surface area (Å²) in [6.07, 6.45) is 4.28. The van der Waals surface area contributed by atoms with Crippen molar-refractivity contribution in [3.8, 4) is 5.69 Å². The van der Waals surface area contributed by atoms with E-state index in [2.05, 4.69) is 27.6 Å². The van der Waals surface area contributed by atoms with Crippen LogP contribution in [-0.4, -0.2) is 51.2 Å². The summed E-state index contributed by atoms with van der Waals surface area (Å²) in [5.41, 5.74) is 2.65. The molecule has 0 atom stereocenters. The summed E-state index contributed by atoms with van der Waals surface area (Å²) in [5, 5.41) is 21.4. The molecule has 6 nitrogen and oxygen atoms in total. The number of benzene rings is 1. The number of aliphatic hydroxyl groups is 1. The average molecular weight is 301 g/mol. The number of aliphatic hydroxyl groups excluding tert-OH is 1. The Morgan fingerprint density at radius 2 is 2.05 bits per heavy atom. The molecule has 118 valence electrons. The quantitative estimate of drug-likeness (QED) is 0.860. The molecular weight excluding hydrogens is 278 g/mol. The first-order chi connectivity index (χ1) is 10.8. The van der Waals surface area contributed by atoms with Crippen LogP contribution in [0, 0.1) is 0 Å². The monoisotopic (exact) mass is 301 g/mol. The van der Waals surface area contributed by atoms with Crippen molar-refractivity contribution in [1.82, 2.24) is 25.2 Å². The molecule has 1 aromatic heterocycles. The van der Waals surface area contributed by atoms with Crippen LogP contribution in [-0.2, 0) is 13.2 Å². The number of likely N-dealkylation sites (tertiary alicyclic amines) is 1. The van der Waals surface area contributed by atoms with Gasteiger partial charge in [-0.3, -0.25) is 0 Å². The number of aromatic nitrogens is 3. The number of nitrogens with zero attached hydrogens (tertiary/aromatic N) is 4. The molecule has 2 N–H and O–H groups in total. The Morgan fingerprint density at radius 1 is 1.27 bits per heavy atom. The molecule has 0 amide bonds. The van der Waals surface area contributed by atoms with Gasteiger partial charge >= 0.3 is 0 Å². The minimum Gasteiger partial charge on any atom is -0.392 e. The molecule has 0 aliphatic carbocycles. The highest BCUT2D eigenvalue weighted by Crippen LogP contribution is 2.14. The van der Waals surface area contributed by atoms with Gasteiger partial charge in [0.15, 0.2) is 0 Å². The van der Waals surface area contributed by atoms with Crippen LogP contribution in [0.1, 0.15) is 24.1 Å². The number of hydrogen-bond acceptors (Lipinski definition) is 5. The number of rotatable bonds is 5. The fourth-order valence-electron chi connectivity index (χ4n) is 2.83. The van der Waals surface area contributed by atoms with Crippen LogP contribution in [0.2, 0.25) is 0 Å². The lowest BCUT2D eigenvalue weighted by atomic mass is 10.1. The largest absolute Gasteiger partial charge is 0.392 e. The molecule has 0 spiro atoms. The molecule has 2 aromatic rings. The van der Waals surface area contributed by atoms with Crippen LogP contribution in [0.15, 0.2) is 30.5 Å². The third-order valence-corrected chi connectivity index (χ3v) is 4.24. The first-order valence-electron chi connectivity index (χ1n) is 7.78. The molecule has 0 radical (unpaired) electrons. The van der Waals surface area contributed by atoms with Gasteiger partial charge in [-0.2, -0.15) is 0 Å². The lowest BCUT2D eigenvalue weighted by molar-refractivity contribution is 0.233. The predicted molar refractivity (Wildman–Crippen MR) is 84.6 cm³/mol. The topological polar surface area (TPSA) is 66.2 Å². The van der Waals surface area contributed by atoms with Gasteiger partial charge in [0, 0.05) is 18.2 Å². The molecule has 1 saturated heterocycles. The summed E-state index contributed by atoms with van der Waals surface area (Å²) in [6, 6.07) is 8.24. The van der Waals surface area contributed by atoms with E-state index in [4.69, 9.17) is 0 Å². The van der Waals surface area contributed by atoms with Crippen molar-refractivity contribution in [1.29, 1.82) is 0 Å². The number of piperidine rings is 1. The molecule has 0 unspecified atom stereocenters. The zero-order valence-corrected chi connectivity index (χ0v) is 12.9. The smallest absolute Gasteiger partial charge is 0.0969 e. The summed E-state index contributed by atoms with van der Waals surface area (Å²) in [4.78, 5) is 2.36. The van der Waals surface area contributed by atoms with E-state index in [0.29, 0.717) is 6.04 Å². The molecule has 22 heavy (non-hydrogen) atoms. The van der Waals surface area contributed by atoms with Crippen molar-refractivity contribution >= 4 is 0 Å². The molecule has 1 aliphatic rings. The van der Waals surface area contributed by atoms with E-state index in [9.17, 15) is 5.11 Å². The van der Waals surface area contributed by atoms with Gasteiger partial charge < -0.3 is 15.3 Å². The van der Waals surface area contributed by atoms with Crippen molar-refractivity contribution in [2.45, 2.75) is 32.0 Å². The Morgan fingerprint density at radius 3 is 2.82 bits per heavy atom. The summed E-state index contributed by atoms with van der Waals surface area (Å²) in [7, 11) is 2.17. The predicted octanol–water partition coefficient (Wildman–Crippen LogP) is 0.943. The van der Waals surface area contributed by atoms with E-state index in [1.165, 1.54) is 12.8 Å². The molecule has 1 fully saturated rings. The highest BCUT2D eigenvalue weighted by Gasteiger charge is 2.16. The third kappa shape index (κ3) is 3.52. The lowest BCUT2D eigenvalue weighted by Gasteiger charge is -2.29. The maximum Gasteiger partial charge on any atom is 0.0969 e. The van der Waals surface area contributed by atoms with Gasteiger partial charge in [-0.05, 0) is 39.0 Å². The maximum atomic E-state index is 9.40. The Balaban J connectivity index is 1.62. The highest BCUT2D eigenvalue weighted by atomic mass is 16.3. The fraction of sp³-hybridized carbons (Fsp3) is 0.500. The summed E-state index contributed by atoms with van der Waals surface area (Å²) in [6.45, 7) is 3.03. The number of hydrogen-bond donors (Lipinski definition) is 2. The minimum atomic E-state index is -0.000785. The van der Waals surface area contributed by atoms with E-state index in [-0.39, 0.29) is 6.61 Å². The van der Waals surface area contributed by atoms with Crippen LogP contribution in [0.25, 0.3) is 5.69 Å². The maximum absolute atomic E-state index is 9.40. The average Bonchev–Trinajstić information content (AvgIpc) is 3.03. The molecular formula is C16H23N5O. The van der Waals surface area contributed by atoms with Gasteiger partial charge in [0.25, 0.3) is 0 Å². The Bertz CT molecular complexity index is 604. The summed E-state index contributed by atoms with van der Waals surface area (Å²) < 4.78 is 1.73. The molecule has 0 bridgehead atoms. The molecule has 0 saturated carbocycles. The van der Waals surface area contributed by atoms with Gasteiger partial charge in [-0.1, -0.05) is 23.4 Å². The normalized spacial score (nSPS) is 17.0. The lowest BCUT2D eigenvalue weighted by Crippen LogP contribution is -2.40. The van der Waals surface area contributed by atoms with E-state index < -0.39 is 0 Å². The van der Waals surface area contributed by atoms with Gasteiger partial charge in [0.05, 0.1) is 24.2 Å². The van der Waals surface area contributed by atoms with Crippen LogP contribution in [0.4, 0.5) is 0 Å². The zero-order chi connectivity index (χ0) is 15.4. The van der Waals surface area contributed by atoms with Crippen LogP contribution in [0.3, 0.4) is 0 Å². The first-order valence-corrected chi connectivity index (χ1v) is 7.78. The van der Waals surface area contributed by atoms with E-state index >= 15 is 0 Å². The molecule has 1 aromatic carbocycles. The van der Waals surface area contributed by atoms with Crippen molar-refractivity contribution < 1.29 is 5.11 Å². The number of nitrogens with one attached hydrogen (secondary N) is 1. The molecule has 3 rings (SSSR count). The summed E-state index contributed by atoms with van der Waals surface area (Å²) in [5.74, 6) is 0. The second-order valence-electron chi connectivity index (χ2n) is 5.90. The first kappa shape index (κ1) is 15.1. The van der Waals surface area contributed by atoms with E-state index in [0.717, 1.165) is 36.6 Å². The summed E-state index contributed by atoms with van der Waals surface area (Å²) >= 11 is 0. The number of para-hydroxylation sites is 1. The molecule has 2 heterocycles. The van der Waals surface area contributed by atoms with Crippen molar-refractivity contribution in [2.75, 3.05) is 20.1 Å². The van der Waals surface area contributed by atoms with Gasteiger partial charge in [-0.25, -0.2) is 4.68 Å².